The number of nitrogens with one attached hydrogen (secondary N) is 1. The van der Waals surface area contributed by atoms with Crippen LogP contribution in [0, 0.1) is 11.8 Å². The van der Waals surface area contributed by atoms with Crippen molar-refractivity contribution in [1.82, 2.24) is 19.4 Å². The third-order valence-electron chi connectivity index (χ3n) is 9.67. The van der Waals surface area contributed by atoms with E-state index in [1.54, 1.807) is 30.1 Å². The van der Waals surface area contributed by atoms with Crippen LogP contribution >= 0.6 is 0 Å². The highest BCUT2D eigenvalue weighted by molar-refractivity contribution is 7.89. The van der Waals surface area contributed by atoms with Crippen molar-refractivity contribution in [2.75, 3.05) is 27.2 Å². The minimum absolute atomic E-state index is 0.0219. The first kappa shape index (κ1) is 29.7. The minimum atomic E-state index is -3.81. The molecule has 2 heterocycles. The van der Waals surface area contributed by atoms with E-state index >= 15 is 0 Å². The standard InChI is InChI=1S/C32H44N4O4S/c1-5-22(6-2)30-31(37)33-29(26-19-23-11-7-8-12-24(23)20-26)32(38)36(30)21-25-13-9-10-14-28(25)41(39,40)35(4)27-15-17-34(3)18-16-27/h7-14,22,26-27,29-30H,5-6,15-21H2,1-4H3,(H,33,37)/t29-,30-/m1/s1. The third-order valence-corrected chi connectivity index (χ3v) is 11.7. The van der Waals surface area contributed by atoms with Crippen molar-refractivity contribution in [2.45, 2.75) is 81.9 Å². The van der Waals surface area contributed by atoms with Gasteiger partial charge in [-0.15, -0.1) is 0 Å². The van der Waals surface area contributed by atoms with Crippen molar-refractivity contribution in [3.05, 3.63) is 65.2 Å². The molecule has 0 bridgehead atoms. The van der Waals surface area contributed by atoms with Gasteiger partial charge in [0, 0.05) is 19.6 Å². The van der Waals surface area contributed by atoms with Crippen molar-refractivity contribution in [2.24, 2.45) is 11.8 Å². The summed E-state index contributed by atoms with van der Waals surface area (Å²) in [5.74, 6) is -0.298. The summed E-state index contributed by atoms with van der Waals surface area (Å²) in [4.78, 5) is 32.1. The fourth-order valence-corrected chi connectivity index (χ4v) is 8.69. The summed E-state index contributed by atoms with van der Waals surface area (Å²) in [5, 5.41) is 3.11. The Morgan fingerprint density at radius 2 is 1.54 bits per heavy atom. The van der Waals surface area contributed by atoms with Gasteiger partial charge in [0.2, 0.25) is 21.8 Å². The van der Waals surface area contributed by atoms with Gasteiger partial charge < -0.3 is 15.1 Å². The molecule has 0 aromatic heterocycles. The molecule has 2 aliphatic heterocycles. The number of rotatable bonds is 9. The van der Waals surface area contributed by atoms with Crippen LogP contribution in [0.25, 0.3) is 0 Å². The number of piperazine rings is 1. The molecule has 0 radical (unpaired) electrons. The molecule has 9 heteroatoms. The Morgan fingerprint density at radius 1 is 0.951 bits per heavy atom. The number of sulfonamides is 1. The molecular formula is C32H44N4O4S. The number of hydrogen-bond donors (Lipinski definition) is 1. The Bertz CT molecular complexity index is 1340. The Morgan fingerprint density at radius 3 is 2.15 bits per heavy atom. The van der Waals surface area contributed by atoms with Gasteiger partial charge in [-0.3, -0.25) is 9.59 Å². The minimum Gasteiger partial charge on any atom is -0.342 e. The van der Waals surface area contributed by atoms with Crippen molar-refractivity contribution in [1.29, 1.82) is 0 Å². The molecule has 222 valence electrons. The van der Waals surface area contributed by atoms with Gasteiger partial charge in [0.1, 0.15) is 12.1 Å². The largest absolute Gasteiger partial charge is 0.342 e. The van der Waals surface area contributed by atoms with E-state index in [-0.39, 0.29) is 41.1 Å². The number of carbonyl (C=O) groups excluding carboxylic acids is 2. The van der Waals surface area contributed by atoms with Crippen LogP contribution in [0.4, 0.5) is 0 Å². The van der Waals surface area contributed by atoms with Gasteiger partial charge >= 0.3 is 0 Å². The summed E-state index contributed by atoms with van der Waals surface area (Å²) in [6.45, 7) is 5.87. The molecular weight excluding hydrogens is 536 g/mol. The molecule has 1 aliphatic carbocycles. The van der Waals surface area contributed by atoms with Crippen LogP contribution in [0.1, 0.15) is 56.2 Å². The average Bonchev–Trinajstić information content (AvgIpc) is 3.41. The molecule has 1 N–H and O–H groups in total. The SMILES string of the molecule is CCC(CC)[C@@H]1C(=O)N[C@H](C2Cc3ccccc3C2)C(=O)N1Cc1ccccc1S(=O)(=O)N(C)C1CCN(C)CC1. The number of carbonyl (C=O) groups is 2. The van der Waals surface area contributed by atoms with Gasteiger partial charge in [0.25, 0.3) is 0 Å². The number of benzene rings is 2. The normalized spacial score (nSPS) is 22.9. The molecule has 2 atom stereocenters. The fourth-order valence-electron chi connectivity index (χ4n) is 7.07. The van der Waals surface area contributed by atoms with E-state index in [2.05, 4.69) is 29.4 Å². The first-order valence-corrected chi connectivity index (χ1v) is 16.5. The molecule has 2 amide bonds. The van der Waals surface area contributed by atoms with E-state index < -0.39 is 22.1 Å². The lowest BCUT2D eigenvalue weighted by atomic mass is 9.86. The lowest BCUT2D eigenvalue weighted by Gasteiger charge is -2.44. The second-order valence-corrected chi connectivity index (χ2v) is 14.0. The average molecular weight is 581 g/mol. The summed E-state index contributed by atoms with van der Waals surface area (Å²) in [5.41, 5.74) is 3.00. The van der Waals surface area contributed by atoms with E-state index in [0.29, 0.717) is 5.56 Å². The van der Waals surface area contributed by atoms with Crippen LogP contribution in [0.15, 0.2) is 53.4 Å². The van der Waals surface area contributed by atoms with Gasteiger partial charge in [-0.1, -0.05) is 69.2 Å². The number of hydrogen-bond acceptors (Lipinski definition) is 5. The first-order chi connectivity index (χ1) is 19.6. The van der Waals surface area contributed by atoms with E-state index in [1.807, 2.05) is 32.0 Å². The van der Waals surface area contributed by atoms with Gasteiger partial charge in [-0.2, -0.15) is 4.31 Å². The first-order valence-electron chi connectivity index (χ1n) is 15.1. The maximum Gasteiger partial charge on any atom is 0.246 e. The van der Waals surface area contributed by atoms with Crippen molar-refractivity contribution in [3.8, 4) is 0 Å². The van der Waals surface area contributed by atoms with Crippen LogP contribution in [0.5, 0.6) is 0 Å². The molecule has 0 unspecified atom stereocenters. The monoisotopic (exact) mass is 580 g/mol. The molecule has 2 saturated heterocycles. The summed E-state index contributed by atoms with van der Waals surface area (Å²) in [6.07, 6.45) is 4.53. The number of likely N-dealkylation sites (tertiary alicyclic amines) is 1. The highest BCUT2D eigenvalue weighted by Gasteiger charge is 2.47. The van der Waals surface area contributed by atoms with E-state index in [9.17, 15) is 18.0 Å². The van der Waals surface area contributed by atoms with Crippen LogP contribution in [-0.4, -0.2) is 79.6 Å². The lowest BCUT2D eigenvalue weighted by molar-refractivity contribution is -0.154. The molecule has 5 rings (SSSR count). The Balaban J connectivity index is 1.46. The molecule has 3 aliphatic rings. The van der Waals surface area contributed by atoms with Crippen molar-refractivity contribution >= 4 is 21.8 Å². The van der Waals surface area contributed by atoms with Gasteiger partial charge in [0.05, 0.1) is 4.90 Å². The second kappa shape index (κ2) is 12.2. The Hall–Kier alpha value is -2.75. The third kappa shape index (κ3) is 5.81. The predicted molar refractivity (Wildman–Crippen MR) is 160 cm³/mol. The van der Waals surface area contributed by atoms with Crippen LogP contribution in [0.3, 0.4) is 0 Å². The lowest BCUT2D eigenvalue weighted by Crippen LogP contribution is -2.66. The summed E-state index contributed by atoms with van der Waals surface area (Å²) in [6, 6.07) is 13.9. The summed E-state index contributed by atoms with van der Waals surface area (Å²) < 4.78 is 29.5. The smallest absolute Gasteiger partial charge is 0.246 e. The van der Waals surface area contributed by atoms with E-state index in [1.165, 1.54) is 15.4 Å². The van der Waals surface area contributed by atoms with Crippen LogP contribution < -0.4 is 5.32 Å². The quantitative estimate of drug-likeness (QED) is 0.491. The maximum atomic E-state index is 14.3. The van der Waals surface area contributed by atoms with Gasteiger partial charge in [-0.25, -0.2) is 8.42 Å². The van der Waals surface area contributed by atoms with Gasteiger partial charge in [-0.05, 0) is 80.4 Å². The Kier molecular flexibility index (Phi) is 8.87. The fraction of sp³-hybridized carbons (Fsp3) is 0.562. The predicted octanol–water partition coefficient (Wildman–Crippen LogP) is 3.45. The topological polar surface area (TPSA) is 90.0 Å². The number of piperidine rings is 1. The Labute approximate surface area is 245 Å². The molecule has 2 aromatic rings. The number of amides is 2. The molecule has 8 nitrogen and oxygen atoms in total. The second-order valence-electron chi connectivity index (χ2n) is 12.1. The molecule has 2 aromatic carbocycles. The molecule has 2 fully saturated rings. The summed E-state index contributed by atoms with van der Waals surface area (Å²) in [7, 11) is -0.0823. The molecule has 41 heavy (non-hydrogen) atoms. The molecule has 0 saturated carbocycles. The van der Waals surface area contributed by atoms with Crippen LogP contribution in [-0.2, 0) is 39.0 Å². The van der Waals surface area contributed by atoms with E-state index in [0.717, 1.165) is 51.6 Å². The number of fused-ring (bicyclic) bond motifs is 1. The van der Waals surface area contributed by atoms with Crippen molar-refractivity contribution in [3.63, 3.8) is 0 Å². The highest BCUT2D eigenvalue weighted by Crippen LogP contribution is 2.34. The zero-order valence-electron chi connectivity index (χ0n) is 24.8. The van der Waals surface area contributed by atoms with Crippen molar-refractivity contribution < 1.29 is 18.0 Å². The molecule has 0 spiro atoms. The highest BCUT2D eigenvalue weighted by atomic mass is 32.2. The zero-order valence-corrected chi connectivity index (χ0v) is 25.6. The number of nitrogens with zero attached hydrogens (tertiary/aromatic N) is 3. The zero-order chi connectivity index (χ0) is 29.3. The van der Waals surface area contributed by atoms with Gasteiger partial charge in [0.15, 0.2) is 0 Å². The van der Waals surface area contributed by atoms with E-state index in [4.69, 9.17) is 0 Å². The summed E-state index contributed by atoms with van der Waals surface area (Å²) >= 11 is 0. The maximum absolute atomic E-state index is 14.3. The van der Waals surface area contributed by atoms with Crippen LogP contribution in [0.2, 0.25) is 0 Å².